The highest BCUT2D eigenvalue weighted by molar-refractivity contribution is 7.07. The summed E-state index contributed by atoms with van der Waals surface area (Å²) < 4.78 is 0. The fraction of sp³-hybridized carbons (Fsp3) is 0.733. The molecule has 0 aromatic carbocycles. The molecule has 1 aromatic heterocycles. The first kappa shape index (κ1) is 16.4. The summed E-state index contributed by atoms with van der Waals surface area (Å²) in [6.45, 7) is 4.38. The summed E-state index contributed by atoms with van der Waals surface area (Å²) in [5, 5.41) is 15.2. The normalized spacial score (nSPS) is 23.1. The van der Waals surface area contributed by atoms with Crippen LogP contribution in [0.2, 0.25) is 0 Å². The Bertz CT molecular complexity index is 425. The monoisotopic (exact) mass is 311 g/mol. The van der Waals surface area contributed by atoms with E-state index in [0.29, 0.717) is 13.0 Å². The maximum Gasteiger partial charge on any atom is 0.220 e. The van der Waals surface area contributed by atoms with Crippen LogP contribution < -0.4 is 5.32 Å². The molecule has 5 nitrogen and oxygen atoms in total. The first-order valence-corrected chi connectivity index (χ1v) is 8.70. The number of likely N-dealkylation sites (tertiary alicyclic amines) is 1. The Morgan fingerprint density at radius 2 is 2.43 bits per heavy atom. The summed E-state index contributed by atoms with van der Waals surface area (Å²) in [4.78, 5) is 18.3. The van der Waals surface area contributed by atoms with E-state index in [2.05, 4.69) is 22.1 Å². The smallest absolute Gasteiger partial charge is 0.220 e. The Morgan fingerprint density at radius 3 is 3.10 bits per heavy atom. The number of nitrogens with zero attached hydrogens (tertiary/aromatic N) is 2. The van der Waals surface area contributed by atoms with Crippen LogP contribution in [0.5, 0.6) is 0 Å². The quantitative estimate of drug-likeness (QED) is 0.753. The number of rotatable bonds is 7. The average molecular weight is 311 g/mol. The van der Waals surface area contributed by atoms with Crippen molar-refractivity contribution in [3.8, 4) is 0 Å². The first-order valence-electron chi connectivity index (χ1n) is 7.76. The van der Waals surface area contributed by atoms with Gasteiger partial charge in [-0.1, -0.05) is 19.8 Å². The zero-order chi connectivity index (χ0) is 15.1. The van der Waals surface area contributed by atoms with Gasteiger partial charge in [0.2, 0.25) is 5.91 Å². The molecule has 1 aliphatic heterocycles. The molecule has 0 spiro atoms. The number of aliphatic hydroxyl groups excluding tert-OH is 1. The van der Waals surface area contributed by atoms with Gasteiger partial charge in [-0.25, -0.2) is 4.98 Å². The molecule has 1 saturated heterocycles. The predicted molar refractivity (Wildman–Crippen MR) is 84.1 cm³/mol. The second-order valence-electron chi connectivity index (χ2n) is 5.70. The minimum atomic E-state index is -0.493. The third-order valence-electron chi connectivity index (χ3n) is 3.89. The van der Waals surface area contributed by atoms with Gasteiger partial charge in [0.15, 0.2) is 0 Å². The van der Waals surface area contributed by atoms with E-state index in [-0.39, 0.29) is 11.9 Å². The maximum absolute atomic E-state index is 11.8. The van der Waals surface area contributed by atoms with E-state index >= 15 is 0 Å². The summed E-state index contributed by atoms with van der Waals surface area (Å²) in [6, 6.07) is -0.106. The number of carbonyl (C=O) groups is 1. The van der Waals surface area contributed by atoms with Gasteiger partial charge in [-0.3, -0.25) is 9.69 Å². The number of aromatic nitrogens is 1. The van der Waals surface area contributed by atoms with Crippen molar-refractivity contribution in [2.45, 2.75) is 57.7 Å². The minimum Gasteiger partial charge on any atom is -0.390 e. The molecule has 118 valence electrons. The third-order valence-corrected chi connectivity index (χ3v) is 4.52. The van der Waals surface area contributed by atoms with Crippen molar-refractivity contribution >= 4 is 17.2 Å². The van der Waals surface area contributed by atoms with E-state index in [1.807, 2.05) is 10.9 Å². The highest BCUT2D eigenvalue weighted by Gasteiger charge is 2.28. The van der Waals surface area contributed by atoms with Crippen LogP contribution >= 0.6 is 11.3 Å². The molecule has 2 unspecified atom stereocenters. The van der Waals surface area contributed by atoms with Gasteiger partial charge in [0.1, 0.15) is 0 Å². The standard InChI is InChI=1S/C15H25N3O2S/c1-2-3-4-5-15(20)17-13-6-7-18(9-14(13)19)8-12-10-21-11-16-12/h10-11,13-14,19H,2-9H2,1H3,(H,17,20). The van der Waals surface area contributed by atoms with Crippen LogP contribution in [0.3, 0.4) is 0 Å². The lowest BCUT2D eigenvalue weighted by Crippen LogP contribution is -2.53. The number of amides is 1. The van der Waals surface area contributed by atoms with Crippen molar-refractivity contribution in [2.75, 3.05) is 13.1 Å². The molecule has 0 aliphatic carbocycles. The molecular formula is C15H25N3O2S. The molecule has 0 radical (unpaired) electrons. The second kappa shape index (κ2) is 8.46. The van der Waals surface area contributed by atoms with E-state index in [4.69, 9.17) is 0 Å². The number of nitrogens with one attached hydrogen (secondary N) is 1. The molecule has 1 amide bonds. The fourth-order valence-electron chi connectivity index (χ4n) is 2.67. The van der Waals surface area contributed by atoms with Gasteiger partial charge in [-0.2, -0.15) is 0 Å². The van der Waals surface area contributed by atoms with E-state index in [1.54, 1.807) is 11.3 Å². The topological polar surface area (TPSA) is 65.5 Å². The lowest BCUT2D eigenvalue weighted by molar-refractivity contribution is -0.123. The highest BCUT2D eigenvalue weighted by Crippen LogP contribution is 2.15. The molecule has 2 atom stereocenters. The number of hydrogen-bond donors (Lipinski definition) is 2. The van der Waals surface area contributed by atoms with Gasteiger partial charge in [-0.05, 0) is 12.8 Å². The summed E-state index contributed by atoms with van der Waals surface area (Å²) in [7, 11) is 0. The van der Waals surface area contributed by atoms with Crippen LogP contribution in [0.4, 0.5) is 0 Å². The number of hydrogen-bond acceptors (Lipinski definition) is 5. The van der Waals surface area contributed by atoms with Crippen molar-refractivity contribution in [1.82, 2.24) is 15.2 Å². The van der Waals surface area contributed by atoms with Gasteiger partial charge in [0.05, 0.1) is 23.4 Å². The largest absolute Gasteiger partial charge is 0.390 e. The number of piperidine rings is 1. The molecule has 0 bridgehead atoms. The molecule has 1 aliphatic rings. The number of aliphatic hydroxyl groups is 1. The van der Waals surface area contributed by atoms with Crippen molar-refractivity contribution in [2.24, 2.45) is 0 Å². The van der Waals surface area contributed by atoms with E-state index in [9.17, 15) is 9.90 Å². The van der Waals surface area contributed by atoms with Crippen molar-refractivity contribution in [3.63, 3.8) is 0 Å². The van der Waals surface area contributed by atoms with Crippen LogP contribution in [0.15, 0.2) is 10.9 Å². The molecular weight excluding hydrogens is 286 g/mol. The molecule has 2 N–H and O–H groups in total. The Morgan fingerprint density at radius 1 is 1.57 bits per heavy atom. The number of carbonyl (C=O) groups excluding carboxylic acids is 1. The number of β-amino-alcohol motifs (C(OH)–C–C–N with tert-alkyl or cyclic N) is 1. The molecule has 0 saturated carbocycles. The number of thiazole rings is 1. The van der Waals surface area contributed by atoms with Crippen molar-refractivity contribution in [1.29, 1.82) is 0 Å². The molecule has 1 fully saturated rings. The Labute approximate surface area is 130 Å². The predicted octanol–water partition coefficient (Wildman–Crippen LogP) is 1.77. The van der Waals surface area contributed by atoms with Crippen LogP contribution in [0.1, 0.15) is 44.7 Å². The maximum atomic E-state index is 11.8. The van der Waals surface area contributed by atoms with Crippen LogP contribution in [0, 0.1) is 0 Å². The average Bonchev–Trinajstić information content (AvgIpc) is 2.95. The second-order valence-corrected chi connectivity index (χ2v) is 6.42. The Hall–Kier alpha value is -0.980. The van der Waals surface area contributed by atoms with Crippen molar-refractivity contribution < 1.29 is 9.90 Å². The van der Waals surface area contributed by atoms with E-state index in [1.165, 1.54) is 0 Å². The summed E-state index contributed by atoms with van der Waals surface area (Å²) >= 11 is 1.59. The third kappa shape index (κ3) is 5.37. The Balaban J connectivity index is 1.72. The van der Waals surface area contributed by atoms with Gasteiger partial charge >= 0.3 is 0 Å². The fourth-order valence-corrected chi connectivity index (χ4v) is 3.22. The summed E-state index contributed by atoms with van der Waals surface area (Å²) in [5.41, 5.74) is 2.88. The Kier molecular flexibility index (Phi) is 6.60. The van der Waals surface area contributed by atoms with Crippen molar-refractivity contribution in [3.05, 3.63) is 16.6 Å². The van der Waals surface area contributed by atoms with Gasteiger partial charge in [0.25, 0.3) is 0 Å². The molecule has 6 heteroatoms. The van der Waals surface area contributed by atoms with Gasteiger partial charge in [-0.15, -0.1) is 11.3 Å². The van der Waals surface area contributed by atoms with Crippen LogP contribution in [0.25, 0.3) is 0 Å². The number of unbranched alkanes of at least 4 members (excludes halogenated alkanes) is 2. The van der Waals surface area contributed by atoms with Gasteiger partial charge < -0.3 is 10.4 Å². The molecule has 2 rings (SSSR count). The molecule has 2 heterocycles. The van der Waals surface area contributed by atoms with Crippen LogP contribution in [-0.4, -0.2) is 46.1 Å². The lowest BCUT2D eigenvalue weighted by atomic mass is 10.0. The molecule has 21 heavy (non-hydrogen) atoms. The summed E-state index contributed by atoms with van der Waals surface area (Å²) in [6.07, 6.45) is 4.01. The zero-order valence-electron chi connectivity index (χ0n) is 12.6. The SMILES string of the molecule is CCCCCC(=O)NC1CCN(Cc2cscn2)CC1O. The summed E-state index contributed by atoms with van der Waals surface area (Å²) in [5.74, 6) is 0.0699. The lowest BCUT2D eigenvalue weighted by Gasteiger charge is -2.35. The zero-order valence-corrected chi connectivity index (χ0v) is 13.4. The highest BCUT2D eigenvalue weighted by atomic mass is 32.1. The van der Waals surface area contributed by atoms with Gasteiger partial charge in [0, 0.05) is 31.4 Å². The molecule has 1 aromatic rings. The van der Waals surface area contributed by atoms with Crippen LogP contribution in [-0.2, 0) is 11.3 Å². The van der Waals surface area contributed by atoms with E-state index < -0.39 is 6.10 Å². The first-order chi connectivity index (χ1) is 10.2. The van der Waals surface area contributed by atoms with E-state index in [0.717, 1.165) is 44.5 Å². The minimum absolute atomic E-state index is 0.0699.